The maximum atomic E-state index is 8.90. The Kier molecular flexibility index (Phi) is 4.17. The van der Waals surface area contributed by atoms with Gasteiger partial charge in [-0.2, -0.15) is 5.26 Å². The summed E-state index contributed by atoms with van der Waals surface area (Å²) in [5, 5.41) is 8.90. The van der Waals surface area contributed by atoms with E-state index in [1.54, 1.807) is 0 Å². The summed E-state index contributed by atoms with van der Waals surface area (Å²) >= 11 is 0. The molecule has 0 aliphatic rings. The highest BCUT2D eigenvalue weighted by Crippen LogP contribution is 2.16. The lowest BCUT2D eigenvalue weighted by atomic mass is 10.1. The molecule has 2 heteroatoms. The second-order valence-corrected chi connectivity index (χ2v) is 3.95. The van der Waals surface area contributed by atoms with E-state index >= 15 is 0 Å². The summed E-state index contributed by atoms with van der Waals surface area (Å²) in [5.74, 6) is 0.121. The van der Waals surface area contributed by atoms with Crippen LogP contribution >= 0.6 is 0 Å². The van der Waals surface area contributed by atoms with Gasteiger partial charge < -0.3 is 4.90 Å². The highest BCUT2D eigenvalue weighted by atomic mass is 15.1. The summed E-state index contributed by atoms with van der Waals surface area (Å²) in [4.78, 5) is 2.14. The van der Waals surface area contributed by atoms with E-state index in [2.05, 4.69) is 49.1 Å². The Balaban J connectivity index is 2.69. The molecule has 0 spiro atoms. The van der Waals surface area contributed by atoms with Crippen molar-refractivity contribution in [3.63, 3.8) is 0 Å². The molecule has 1 aromatic rings. The second-order valence-electron chi connectivity index (χ2n) is 3.95. The van der Waals surface area contributed by atoms with Gasteiger partial charge in [0.2, 0.25) is 0 Å². The van der Waals surface area contributed by atoms with Gasteiger partial charge in [-0.25, -0.2) is 0 Å². The number of nitriles is 1. The van der Waals surface area contributed by atoms with Crippen LogP contribution in [0.4, 0.5) is 5.69 Å². The van der Waals surface area contributed by atoms with E-state index in [-0.39, 0.29) is 5.92 Å². The lowest BCUT2D eigenvalue weighted by Gasteiger charge is -2.21. The molecule has 0 aliphatic carbocycles. The number of aryl methyl sites for hydroxylation is 1. The summed E-state index contributed by atoms with van der Waals surface area (Å²) in [6.45, 7) is 4.94. The predicted molar refractivity (Wildman–Crippen MR) is 63.8 cm³/mol. The van der Waals surface area contributed by atoms with Crippen molar-refractivity contribution in [1.82, 2.24) is 0 Å². The monoisotopic (exact) mass is 202 g/mol. The molecule has 80 valence electrons. The van der Waals surface area contributed by atoms with Gasteiger partial charge in [0.1, 0.15) is 0 Å². The van der Waals surface area contributed by atoms with Crippen molar-refractivity contribution >= 4 is 5.69 Å². The maximum Gasteiger partial charge on any atom is 0.0674 e. The summed E-state index contributed by atoms with van der Waals surface area (Å²) < 4.78 is 0. The van der Waals surface area contributed by atoms with Crippen LogP contribution in [0.25, 0.3) is 0 Å². The van der Waals surface area contributed by atoms with Gasteiger partial charge in [-0.1, -0.05) is 19.1 Å². The third kappa shape index (κ3) is 3.28. The van der Waals surface area contributed by atoms with Crippen molar-refractivity contribution in [2.24, 2.45) is 5.92 Å². The number of anilines is 1. The molecule has 0 saturated heterocycles. The number of hydrogen-bond donors (Lipinski definition) is 0. The summed E-state index contributed by atoms with van der Waals surface area (Å²) in [7, 11) is 2.04. The minimum absolute atomic E-state index is 0.121. The van der Waals surface area contributed by atoms with Crippen LogP contribution in [0.5, 0.6) is 0 Å². The molecule has 0 saturated carbocycles. The van der Waals surface area contributed by atoms with Crippen molar-refractivity contribution in [2.45, 2.75) is 20.3 Å². The van der Waals surface area contributed by atoms with Gasteiger partial charge in [-0.15, -0.1) is 0 Å². The van der Waals surface area contributed by atoms with Crippen LogP contribution in [0.2, 0.25) is 0 Å². The van der Waals surface area contributed by atoms with E-state index in [0.29, 0.717) is 0 Å². The highest BCUT2D eigenvalue weighted by molar-refractivity contribution is 5.47. The lowest BCUT2D eigenvalue weighted by Crippen LogP contribution is -2.24. The number of hydrogen-bond acceptors (Lipinski definition) is 2. The third-order valence-corrected chi connectivity index (χ3v) is 2.61. The largest absolute Gasteiger partial charge is 0.373 e. The van der Waals surface area contributed by atoms with Crippen LogP contribution in [0.3, 0.4) is 0 Å². The Morgan fingerprint density at radius 2 is 2.20 bits per heavy atom. The van der Waals surface area contributed by atoms with Crippen LogP contribution < -0.4 is 4.90 Å². The van der Waals surface area contributed by atoms with Gasteiger partial charge in [0.15, 0.2) is 0 Å². The Morgan fingerprint density at radius 3 is 2.73 bits per heavy atom. The first kappa shape index (κ1) is 11.6. The number of benzene rings is 1. The zero-order chi connectivity index (χ0) is 11.3. The Labute approximate surface area is 92.1 Å². The molecule has 1 rings (SSSR count). The first-order valence-corrected chi connectivity index (χ1v) is 5.34. The average molecular weight is 202 g/mol. The van der Waals surface area contributed by atoms with Crippen molar-refractivity contribution in [3.05, 3.63) is 29.8 Å². The normalized spacial score (nSPS) is 11.9. The number of rotatable bonds is 4. The molecule has 15 heavy (non-hydrogen) atoms. The Hall–Kier alpha value is -1.49. The van der Waals surface area contributed by atoms with Gasteiger partial charge in [0.25, 0.3) is 0 Å². The smallest absolute Gasteiger partial charge is 0.0674 e. The highest BCUT2D eigenvalue weighted by Gasteiger charge is 2.08. The van der Waals surface area contributed by atoms with E-state index in [0.717, 1.165) is 13.0 Å². The zero-order valence-corrected chi connectivity index (χ0v) is 9.70. The molecule has 1 atom stereocenters. The van der Waals surface area contributed by atoms with Gasteiger partial charge >= 0.3 is 0 Å². The van der Waals surface area contributed by atoms with Crippen LogP contribution in [-0.4, -0.2) is 13.6 Å². The molecule has 1 unspecified atom stereocenters. The quantitative estimate of drug-likeness (QED) is 0.750. The average Bonchev–Trinajstić information content (AvgIpc) is 2.25. The van der Waals surface area contributed by atoms with E-state index in [9.17, 15) is 0 Å². The van der Waals surface area contributed by atoms with Crippen molar-refractivity contribution in [3.8, 4) is 6.07 Å². The Bertz CT molecular complexity index is 352. The van der Waals surface area contributed by atoms with Crippen molar-refractivity contribution < 1.29 is 0 Å². The van der Waals surface area contributed by atoms with E-state index in [1.807, 2.05) is 7.05 Å². The maximum absolute atomic E-state index is 8.90. The van der Waals surface area contributed by atoms with Gasteiger partial charge in [-0.05, 0) is 31.0 Å². The molecule has 0 heterocycles. The van der Waals surface area contributed by atoms with Crippen LogP contribution in [0, 0.1) is 24.2 Å². The lowest BCUT2D eigenvalue weighted by molar-refractivity contribution is 0.631. The fourth-order valence-electron chi connectivity index (χ4n) is 1.56. The second kappa shape index (κ2) is 5.41. The van der Waals surface area contributed by atoms with Crippen LogP contribution in [0.15, 0.2) is 24.3 Å². The Morgan fingerprint density at radius 1 is 1.47 bits per heavy atom. The topological polar surface area (TPSA) is 27.0 Å². The molecule has 0 N–H and O–H groups in total. The van der Waals surface area contributed by atoms with Crippen molar-refractivity contribution in [1.29, 1.82) is 5.26 Å². The summed E-state index contributed by atoms with van der Waals surface area (Å²) in [5.41, 5.74) is 2.44. The molecule has 0 fully saturated rings. The van der Waals surface area contributed by atoms with E-state index in [1.165, 1.54) is 11.3 Å². The van der Waals surface area contributed by atoms with Crippen LogP contribution in [-0.2, 0) is 0 Å². The first-order valence-electron chi connectivity index (χ1n) is 5.34. The number of nitrogens with zero attached hydrogens (tertiary/aromatic N) is 2. The van der Waals surface area contributed by atoms with Gasteiger partial charge in [-0.3, -0.25) is 0 Å². The molecule has 0 bridgehead atoms. The molecule has 2 nitrogen and oxygen atoms in total. The first-order chi connectivity index (χ1) is 7.17. The minimum Gasteiger partial charge on any atom is -0.373 e. The predicted octanol–water partition coefficient (Wildman–Crippen LogP) is 2.98. The zero-order valence-electron chi connectivity index (χ0n) is 9.70. The van der Waals surface area contributed by atoms with Crippen LogP contribution in [0.1, 0.15) is 18.9 Å². The molecule has 0 aliphatic heterocycles. The fraction of sp³-hybridized carbons (Fsp3) is 0.462. The molecular weight excluding hydrogens is 184 g/mol. The van der Waals surface area contributed by atoms with Crippen molar-refractivity contribution in [2.75, 3.05) is 18.5 Å². The van der Waals surface area contributed by atoms with E-state index in [4.69, 9.17) is 5.26 Å². The van der Waals surface area contributed by atoms with Gasteiger partial charge in [0, 0.05) is 19.3 Å². The van der Waals surface area contributed by atoms with E-state index < -0.39 is 0 Å². The molecule has 0 radical (unpaired) electrons. The van der Waals surface area contributed by atoms with Gasteiger partial charge in [0.05, 0.1) is 12.0 Å². The molecule has 0 aromatic heterocycles. The SMILES string of the molecule is CCC(C#N)CN(C)c1cccc(C)c1. The molecule has 0 amide bonds. The molecular formula is C13H18N2. The molecule has 1 aromatic carbocycles. The third-order valence-electron chi connectivity index (χ3n) is 2.61. The standard InChI is InChI=1S/C13H18N2/c1-4-12(9-14)10-15(3)13-7-5-6-11(2)8-13/h5-8,12H,4,10H2,1-3H3. The fourth-order valence-corrected chi connectivity index (χ4v) is 1.56. The minimum atomic E-state index is 0.121. The summed E-state index contributed by atoms with van der Waals surface area (Å²) in [6.07, 6.45) is 0.909. The summed E-state index contributed by atoms with van der Waals surface area (Å²) in [6, 6.07) is 10.7.